The summed E-state index contributed by atoms with van der Waals surface area (Å²) in [4.78, 5) is 26.3. The van der Waals surface area contributed by atoms with Crippen LogP contribution in [0.25, 0.3) is 11.1 Å². The van der Waals surface area contributed by atoms with Crippen molar-refractivity contribution in [2.45, 2.75) is 25.4 Å². The third-order valence-electron chi connectivity index (χ3n) is 5.69. The molecule has 0 radical (unpaired) electrons. The Balaban J connectivity index is 1.49. The summed E-state index contributed by atoms with van der Waals surface area (Å²) < 4.78 is 30.0. The van der Waals surface area contributed by atoms with Crippen molar-refractivity contribution in [2.75, 3.05) is 16.8 Å². The van der Waals surface area contributed by atoms with Crippen LogP contribution in [0.15, 0.2) is 60.7 Å². The van der Waals surface area contributed by atoms with E-state index >= 15 is 8.78 Å². The molecule has 1 fully saturated rings. The Morgan fingerprint density at radius 1 is 1.12 bits per heavy atom. The van der Waals surface area contributed by atoms with Gasteiger partial charge in [-0.3, -0.25) is 4.79 Å². The maximum absolute atomic E-state index is 15.0. The van der Waals surface area contributed by atoms with E-state index in [0.29, 0.717) is 16.3 Å². The van der Waals surface area contributed by atoms with Crippen molar-refractivity contribution in [1.82, 2.24) is 5.32 Å². The minimum Gasteiger partial charge on any atom is -0.326 e. The number of nitrogens with two attached hydrogens (primary N) is 1. The zero-order valence-electron chi connectivity index (χ0n) is 18.3. The molecule has 1 heterocycles. The molecule has 0 aliphatic carbocycles. The largest absolute Gasteiger partial charge is 0.326 e. The van der Waals surface area contributed by atoms with Crippen molar-refractivity contribution < 1.29 is 18.4 Å². The van der Waals surface area contributed by atoms with Gasteiger partial charge >= 0.3 is 6.03 Å². The fourth-order valence-electron chi connectivity index (χ4n) is 3.87. The van der Waals surface area contributed by atoms with Gasteiger partial charge in [0.15, 0.2) is 11.6 Å². The summed E-state index contributed by atoms with van der Waals surface area (Å²) in [6.07, 6.45) is 0.256. The number of anilines is 2. The van der Waals surface area contributed by atoms with E-state index in [1.165, 1.54) is 12.1 Å². The lowest BCUT2D eigenvalue weighted by Crippen LogP contribution is -2.43. The number of hydrogen-bond donors (Lipinski definition) is 3. The van der Waals surface area contributed by atoms with Crippen molar-refractivity contribution in [3.05, 3.63) is 82.9 Å². The van der Waals surface area contributed by atoms with Crippen LogP contribution in [0.3, 0.4) is 0 Å². The van der Waals surface area contributed by atoms with Crippen LogP contribution in [-0.2, 0) is 4.79 Å². The molecule has 1 unspecified atom stereocenters. The van der Waals surface area contributed by atoms with Gasteiger partial charge in [-0.2, -0.15) is 0 Å². The Labute approximate surface area is 200 Å². The summed E-state index contributed by atoms with van der Waals surface area (Å²) >= 11 is 5.83. The highest BCUT2D eigenvalue weighted by molar-refractivity contribution is 6.30. The first-order valence-corrected chi connectivity index (χ1v) is 11.1. The van der Waals surface area contributed by atoms with E-state index in [2.05, 4.69) is 10.6 Å². The zero-order valence-corrected chi connectivity index (χ0v) is 19.1. The molecule has 0 saturated carbocycles. The number of nitrogens with zero attached hydrogens (tertiary/aromatic N) is 1. The van der Waals surface area contributed by atoms with Crippen LogP contribution in [0.5, 0.6) is 0 Å². The van der Waals surface area contributed by atoms with E-state index in [1.54, 1.807) is 49.4 Å². The van der Waals surface area contributed by atoms with Crippen LogP contribution in [0.2, 0.25) is 5.02 Å². The molecule has 0 bridgehead atoms. The highest BCUT2D eigenvalue weighted by Crippen LogP contribution is 2.33. The molecule has 176 valence electrons. The molecule has 4 N–H and O–H groups in total. The molecule has 1 aliphatic rings. The fourth-order valence-corrected chi connectivity index (χ4v) is 4.00. The van der Waals surface area contributed by atoms with Gasteiger partial charge in [-0.25, -0.2) is 13.6 Å². The maximum atomic E-state index is 15.0. The second-order valence-corrected chi connectivity index (χ2v) is 8.55. The van der Waals surface area contributed by atoms with Gasteiger partial charge in [-0.05, 0) is 66.9 Å². The number of halogens is 3. The highest BCUT2D eigenvalue weighted by Gasteiger charge is 2.35. The van der Waals surface area contributed by atoms with Crippen LogP contribution in [-0.4, -0.2) is 24.5 Å². The molecular formula is C25H23ClF2N4O2. The Morgan fingerprint density at radius 2 is 1.85 bits per heavy atom. The van der Waals surface area contributed by atoms with Gasteiger partial charge in [0, 0.05) is 28.9 Å². The predicted octanol–water partition coefficient (Wildman–Crippen LogP) is 5.23. The lowest BCUT2D eigenvalue weighted by molar-refractivity contribution is -0.118. The highest BCUT2D eigenvalue weighted by atomic mass is 35.5. The van der Waals surface area contributed by atoms with Gasteiger partial charge in [-0.15, -0.1) is 0 Å². The minimum atomic E-state index is -1.12. The van der Waals surface area contributed by atoms with E-state index in [9.17, 15) is 9.59 Å². The molecule has 0 spiro atoms. The average Bonchev–Trinajstić information content (AvgIpc) is 3.17. The molecule has 2 atom stereocenters. The summed E-state index contributed by atoms with van der Waals surface area (Å²) in [5.74, 6) is -2.69. The first kappa shape index (κ1) is 23.7. The number of carbonyl (C=O) groups is 2. The molecule has 3 amide bonds. The molecule has 1 aliphatic heterocycles. The van der Waals surface area contributed by atoms with Gasteiger partial charge in [0.25, 0.3) is 0 Å². The molecule has 9 heteroatoms. The molecule has 6 nitrogen and oxygen atoms in total. The molecular weight excluding hydrogens is 462 g/mol. The third-order valence-corrected chi connectivity index (χ3v) is 5.94. The molecule has 4 rings (SSSR count). The topological polar surface area (TPSA) is 87.5 Å². The van der Waals surface area contributed by atoms with Crippen molar-refractivity contribution in [1.29, 1.82) is 0 Å². The fraction of sp³-hybridized carbons (Fsp3) is 0.200. The summed E-state index contributed by atoms with van der Waals surface area (Å²) in [6, 6.07) is 14.5. The van der Waals surface area contributed by atoms with E-state index in [4.69, 9.17) is 17.3 Å². The number of amides is 3. The van der Waals surface area contributed by atoms with Gasteiger partial charge in [-0.1, -0.05) is 29.8 Å². The van der Waals surface area contributed by atoms with E-state index in [1.807, 2.05) is 6.07 Å². The minimum absolute atomic E-state index is 0.0763. The van der Waals surface area contributed by atoms with Crippen molar-refractivity contribution in [3.63, 3.8) is 0 Å². The Kier molecular flexibility index (Phi) is 6.81. The van der Waals surface area contributed by atoms with Crippen LogP contribution in [0.1, 0.15) is 24.9 Å². The number of hydrogen-bond acceptors (Lipinski definition) is 3. The number of nitrogens with one attached hydrogen (secondary N) is 2. The average molecular weight is 485 g/mol. The SMILES string of the molecule is CC(N)c1cccc(-c2ccc(N3CC[C@@H](NC(=O)Nc4ccc(Cl)cc4)C3=O)c(F)c2F)c1. The summed E-state index contributed by atoms with van der Waals surface area (Å²) in [5, 5.41) is 5.71. The lowest BCUT2D eigenvalue weighted by atomic mass is 9.99. The van der Waals surface area contributed by atoms with Gasteiger partial charge < -0.3 is 21.3 Å². The molecule has 3 aromatic rings. The quantitative estimate of drug-likeness (QED) is 0.463. The van der Waals surface area contributed by atoms with Crippen molar-refractivity contribution in [3.8, 4) is 11.1 Å². The van der Waals surface area contributed by atoms with E-state index < -0.39 is 29.6 Å². The third kappa shape index (κ3) is 4.88. The first-order chi connectivity index (χ1) is 16.2. The normalized spacial score (nSPS) is 16.4. The van der Waals surface area contributed by atoms with E-state index in [0.717, 1.165) is 10.5 Å². The van der Waals surface area contributed by atoms with Crippen LogP contribution >= 0.6 is 11.6 Å². The Morgan fingerprint density at radius 3 is 2.56 bits per heavy atom. The zero-order chi connectivity index (χ0) is 24.4. The lowest BCUT2D eigenvalue weighted by Gasteiger charge is -2.19. The Bertz CT molecular complexity index is 1230. The van der Waals surface area contributed by atoms with Crippen molar-refractivity contribution >= 4 is 34.9 Å². The van der Waals surface area contributed by atoms with Crippen LogP contribution in [0.4, 0.5) is 25.0 Å². The van der Waals surface area contributed by atoms with Crippen LogP contribution < -0.4 is 21.3 Å². The van der Waals surface area contributed by atoms with Gasteiger partial charge in [0.2, 0.25) is 5.91 Å². The smallest absolute Gasteiger partial charge is 0.319 e. The Hall–Kier alpha value is -3.49. The number of carbonyl (C=O) groups excluding carboxylic acids is 2. The standard InChI is InChI=1S/C25H23ClF2N4O2/c1-14(29)15-3-2-4-16(13-15)19-9-10-21(23(28)22(19)27)32-12-11-20(24(32)33)31-25(34)30-18-7-5-17(26)6-8-18/h2-10,13-14,20H,11-12,29H2,1H3,(H2,30,31,34)/t14?,20-/m1/s1. The molecule has 1 saturated heterocycles. The first-order valence-electron chi connectivity index (χ1n) is 10.7. The molecule has 0 aromatic heterocycles. The van der Waals surface area contributed by atoms with E-state index in [-0.39, 0.29) is 30.3 Å². The maximum Gasteiger partial charge on any atom is 0.319 e. The molecule has 3 aromatic carbocycles. The molecule has 34 heavy (non-hydrogen) atoms. The summed E-state index contributed by atoms with van der Waals surface area (Å²) in [7, 11) is 0. The second kappa shape index (κ2) is 9.79. The summed E-state index contributed by atoms with van der Waals surface area (Å²) in [5.41, 5.74) is 7.59. The number of urea groups is 1. The van der Waals surface area contributed by atoms with Gasteiger partial charge in [0.1, 0.15) is 6.04 Å². The monoisotopic (exact) mass is 484 g/mol. The van der Waals surface area contributed by atoms with Crippen molar-refractivity contribution in [2.24, 2.45) is 5.73 Å². The second-order valence-electron chi connectivity index (χ2n) is 8.11. The van der Waals surface area contributed by atoms with Crippen LogP contribution in [0, 0.1) is 11.6 Å². The predicted molar refractivity (Wildman–Crippen MR) is 129 cm³/mol. The number of benzene rings is 3. The summed E-state index contributed by atoms with van der Waals surface area (Å²) in [6.45, 7) is 1.94. The number of rotatable bonds is 5. The van der Waals surface area contributed by atoms with Gasteiger partial charge in [0.05, 0.1) is 5.69 Å².